The van der Waals surface area contributed by atoms with Gasteiger partial charge in [0.15, 0.2) is 0 Å². The van der Waals surface area contributed by atoms with Gasteiger partial charge in [0, 0.05) is 6.54 Å². The minimum atomic E-state index is 0.0423. The first-order valence-electron chi connectivity index (χ1n) is 7.07. The summed E-state index contributed by atoms with van der Waals surface area (Å²) in [6.07, 6.45) is 5.48. The summed E-state index contributed by atoms with van der Waals surface area (Å²) in [4.78, 5) is 17.3. The van der Waals surface area contributed by atoms with Crippen LogP contribution in [-0.4, -0.2) is 9.55 Å². The van der Waals surface area contributed by atoms with Crippen LogP contribution in [0.3, 0.4) is 0 Å². The Bertz CT molecular complexity index is 889. The first kappa shape index (κ1) is 12.1. The van der Waals surface area contributed by atoms with E-state index in [1.54, 1.807) is 10.8 Å². The molecular weight excluding hydrogens is 264 g/mol. The summed E-state index contributed by atoms with van der Waals surface area (Å²) in [5, 5.41) is 0.681. The molecule has 0 saturated heterocycles. The molecule has 0 spiro atoms. The van der Waals surface area contributed by atoms with Crippen molar-refractivity contribution < 1.29 is 4.42 Å². The number of aromatic nitrogens is 2. The monoisotopic (exact) mass is 278 g/mol. The largest absolute Gasteiger partial charge is 0.465 e. The van der Waals surface area contributed by atoms with Crippen LogP contribution in [0.1, 0.15) is 24.4 Å². The van der Waals surface area contributed by atoms with E-state index in [-0.39, 0.29) is 5.56 Å². The number of rotatable bonds is 1. The van der Waals surface area contributed by atoms with Gasteiger partial charge in [-0.05, 0) is 48.8 Å². The van der Waals surface area contributed by atoms with Gasteiger partial charge in [0.2, 0.25) is 0 Å². The minimum Gasteiger partial charge on any atom is -0.465 e. The fourth-order valence-electron chi connectivity index (χ4n) is 2.84. The van der Waals surface area contributed by atoms with Gasteiger partial charge in [-0.15, -0.1) is 0 Å². The maximum absolute atomic E-state index is 12.6. The lowest BCUT2D eigenvalue weighted by Crippen LogP contribution is -2.27. The molecule has 0 bridgehead atoms. The molecule has 104 valence electrons. The third-order valence-electron chi connectivity index (χ3n) is 3.84. The fourth-order valence-corrected chi connectivity index (χ4v) is 2.84. The van der Waals surface area contributed by atoms with E-state index in [9.17, 15) is 4.79 Å². The molecule has 4 rings (SSSR count). The van der Waals surface area contributed by atoms with E-state index >= 15 is 0 Å². The van der Waals surface area contributed by atoms with Crippen molar-refractivity contribution in [3.05, 3.63) is 64.6 Å². The number of nitrogens with zero attached hydrogens (tertiary/aromatic N) is 2. The van der Waals surface area contributed by atoms with E-state index in [4.69, 9.17) is 9.40 Å². The lowest BCUT2D eigenvalue weighted by atomic mass is 10.0. The van der Waals surface area contributed by atoms with Crippen molar-refractivity contribution in [1.82, 2.24) is 9.55 Å². The van der Waals surface area contributed by atoms with Crippen molar-refractivity contribution >= 4 is 22.6 Å². The molecule has 3 aromatic rings. The standard InChI is InChI=1S/C17H14N2O2/c20-17-14-7-1-2-8-15(14)18-16-12(5-3-9-19(16)17)11-13-6-4-10-21-13/h1-2,4,6-8,10-11H,3,5,9H2/b12-11+. The van der Waals surface area contributed by atoms with Crippen LogP contribution >= 0.6 is 0 Å². The van der Waals surface area contributed by atoms with Crippen molar-refractivity contribution in [1.29, 1.82) is 0 Å². The Morgan fingerprint density at radius 2 is 2.10 bits per heavy atom. The minimum absolute atomic E-state index is 0.0423. The zero-order valence-corrected chi connectivity index (χ0v) is 11.5. The van der Waals surface area contributed by atoms with Gasteiger partial charge in [0.1, 0.15) is 11.6 Å². The summed E-state index contributed by atoms with van der Waals surface area (Å²) in [5.41, 5.74) is 1.85. The zero-order chi connectivity index (χ0) is 14.2. The first-order valence-corrected chi connectivity index (χ1v) is 7.07. The van der Waals surface area contributed by atoms with Crippen LogP contribution in [-0.2, 0) is 6.54 Å². The van der Waals surface area contributed by atoms with Gasteiger partial charge < -0.3 is 4.42 Å². The van der Waals surface area contributed by atoms with Crippen LogP contribution < -0.4 is 5.56 Å². The first-order chi connectivity index (χ1) is 10.3. The summed E-state index contributed by atoms with van der Waals surface area (Å²) < 4.78 is 7.16. The molecule has 1 aliphatic heterocycles. The maximum Gasteiger partial charge on any atom is 0.261 e. The quantitative estimate of drug-likeness (QED) is 0.686. The second-order valence-electron chi connectivity index (χ2n) is 5.20. The SMILES string of the molecule is O=c1c2ccccc2nc2n1CCC/C2=C\c1ccco1. The lowest BCUT2D eigenvalue weighted by molar-refractivity contribution is 0.555. The van der Waals surface area contributed by atoms with E-state index < -0.39 is 0 Å². The highest BCUT2D eigenvalue weighted by molar-refractivity contribution is 5.83. The van der Waals surface area contributed by atoms with E-state index in [1.807, 2.05) is 42.5 Å². The molecule has 21 heavy (non-hydrogen) atoms. The predicted octanol–water partition coefficient (Wildman–Crippen LogP) is 3.32. The van der Waals surface area contributed by atoms with Crippen LogP contribution in [0.4, 0.5) is 0 Å². The summed E-state index contributed by atoms with van der Waals surface area (Å²) in [5.74, 6) is 1.56. The number of hydrogen-bond donors (Lipinski definition) is 0. The van der Waals surface area contributed by atoms with E-state index in [2.05, 4.69) is 0 Å². The molecule has 4 nitrogen and oxygen atoms in total. The van der Waals surface area contributed by atoms with Gasteiger partial charge in [-0.3, -0.25) is 9.36 Å². The highest BCUT2D eigenvalue weighted by Crippen LogP contribution is 2.26. The van der Waals surface area contributed by atoms with Crippen molar-refractivity contribution in [2.45, 2.75) is 19.4 Å². The van der Waals surface area contributed by atoms with Gasteiger partial charge in [-0.25, -0.2) is 4.98 Å². The van der Waals surface area contributed by atoms with Gasteiger partial charge in [-0.1, -0.05) is 12.1 Å². The number of fused-ring (bicyclic) bond motifs is 2. The average molecular weight is 278 g/mol. The topological polar surface area (TPSA) is 48.0 Å². The smallest absolute Gasteiger partial charge is 0.261 e. The third kappa shape index (κ3) is 2.00. The van der Waals surface area contributed by atoms with Crippen molar-refractivity contribution in [3.63, 3.8) is 0 Å². The van der Waals surface area contributed by atoms with Crippen molar-refractivity contribution in [3.8, 4) is 0 Å². The normalized spacial score (nSPS) is 16.3. The Labute approximate surface area is 121 Å². The number of allylic oxidation sites excluding steroid dienone is 1. The molecule has 0 atom stereocenters. The molecule has 0 fully saturated rings. The predicted molar refractivity (Wildman–Crippen MR) is 81.8 cm³/mol. The molecule has 0 saturated carbocycles. The van der Waals surface area contributed by atoms with E-state index in [0.717, 1.165) is 42.1 Å². The van der Waals surface area contributed by atoms with Gasteiger partial charge in [-0.2, -0.15) is 0 Å². The van der Waals surface area contributed by atoms with Crippen LogP contribution in [0.15, 0.2) is 51.9 Å². The van der Waals surface area contributed by atoms with Crippen LogP contribution in [0.25, 0.3) is 22.6 Å². The van der Waals surface area contributed by atoms with Gasteiger partial charge in [0.25, 0.3) is 5.56 Å². The molecule has 4 heteroatoms. The third-order valence-corrected chi connectivity index (χ3v) is 3.84. The zero-order valence-electron chi connectivity index (χ0n) is 11.5. The fraction of sp³-hybridized carbons (Fsp3) is 0.176. The average Bonchev–Trinajstić information content (AvgIpc) is 3.02. The van der Waals surface area contributed by atoms with Gasteiger partial charge >= 0.3 is 0 Å². The Kier molecular flexibility index (Phi) is 2.74. The highest BCUT2D eigenvalue weighted by Gasteiger charge is 2.18. The maximum atomic E-state index is 12.6. The molecule has 2 aromatic heterocycles. The van der Waals surface area contributed by atoms with Crippen LogP contribution in [0.2, 0.25) is 0 Å². The number of hydrogen-bond acceptors (Lipinski definition) is 3. The molecule has 0 N–H and O–H groups in total. The Morgan fingerprint density at radius 3 is 2.95 bits per heavy atom. The highest BCUT2D eigenvalue weighted by atomic mass is 16.3. The molecule has 0 aliphatic carbocycles. The van der Waals surface area contributed by atoms with E-state index in [1.165, 1.54) is 0 Å². The van der Waals surface area contributed by atoms with Gasteiger partial charge in [0.05, 0.1) is 17.2 Å². The van der Waals surface area contributed by atoms with E-state index in [0.29, 0.717) is 5.39 Å². The number of benzene rings is 1. The van der Waals surface area contributed by atoms with Crippen LogP contribution in [0.5, 0.6) is 0 Å². The lowest BCUT2D eigenvalue weighted by Gasteiger charge is -2.20. The summed E-state index contributed by atoms with van der Waals surface area (Å²) in [7, 11) is 0. The number of furan rings is 1. The Balaban J connectivity index is 1.97. The molecule has 1 aromatic carbocycles. The summed E-state index contributed by atoms with van der Waals surface area (Å²) >= 11 is 0. The second-order valence-corrected chi connectivity index (χ2v) is 5.20. The van der Waals surface area contributed by atoms with Crippen LogP contribution in [0, 0.1) is 0 Å². The van der Waals surface area contributed by atoms with Crippen molar-refractivity contribution in [2.75, 3.05) is 0 Å². The second kappa shape index (κ2) is 4.74. The summed E-state index contributed by atoms with van der Waals surface area (Å²) in [6, 6.07) is 11.3. The Morgan fingerprint density at radius 1 is 1.19 bits per heavy atom. The Hall–Kier alpha value is -2.62. The number of para-hydroxylation sites is 1. The molecule has 1 aliphatic rings. The molecule has 0 amide bonds. The summed E-state index contributed by atoms with van der Waals surface area (Å²) in [6.45, 7) is 0.724. The molecule has 0 radical (unpaired) electrons. The molecule has 3 heterocycles. The van der Waals surface area contributed by atoms with Crippen molar-refractivity contribution in [2.24, 2.45) is 0 Å². The molecular formula is C17H14N2O2. The molecule has 0 unspecified atom stereocenters.